The van der Waals surface area contributed by atoms with Crippen LogP contribution in [0.1, 0.15) is 5.69 Å². The van der Waals surface area contributed by atoms with Crippen molar-refractivity contribution in [1.29, 1.82) is 0 Å². The predicted molar refractivity (Wildman–Crippen MR) is 103 cm³/mol. The van der Waals surface area contributed by atoms with Crippen LogP contribution in [0.5, 0.6) is 5.75 Å². The maximum Gasteiger partial charge on any atom is 0.264 e. The zero-order chi connectivity index (χ0) is 17.9. The Kier molecular flexibility index (Phi) is 4.37. The summed E-state index contributed by atoms with van der Waals surface area (Å²) in [5.74, 6) is 1.14. The number of fused-ring (bicyclic) bond motifs is 1. The molecule has 1 amide bonds. The Labute approximate surface area is 154 Å². The number of nitrogens with zero attached hydrogens (tertiary/aromatic N) is 3. The van der Waals surface area contributed by atoms with Crippen LogP contribution in [0.3, 0.4) is 0 Å². The van der Waals surface area contributed by atoms with E-state index in [9.17, 15) is 4.79 Å². The maximum absolute atomic E-state index is 12.2. The average Bonchev–Trinajstić information content (AvgIpc) is 3.01. The van der Waals surface area contributed by atoms with Crippen molar-refractivity contribution >= 4 is 45.6 Å². The fraction of sp³-hybridized carbons (Fsp3) is 0.0526. The molecule has 1 aromatic carbocycles. The summed E-state index contributed by atoms with van der Waals surface area (Å²) >= 11 is 1.27. The Hall–Kier alpha value is -3.19. The van der Waals surface area contributed by atoms with Crippen LogP contribution in [0.25, 0.3) is 17.0 Å². The topological polar surface area (TPSA) is 76.5 Å². The summed E-state index contributed by atoms with van der Waals surface area (Å²) in [6.07, 6.45) is 3.41. The molecule has 128 valence electrons. The van der Waals surface area contributed by atoms with Gasteiger partial charge in [0.2, 0.25) is 0 Å². The first kappa shape index (κ1) is 16.3. The minimum absolute atomic E-state index is 0.193. The van der Waals surface area contributed by atoms with Crippen molar-refractivity contribution in [3.05, 3.63) is 65.3 Å². The van der Waals surface area contributed by atoms with E-state index in [1.165, 1.54) is 11.8 Å². The van der Waals surface area contributed by atoms with Crippen LogP contribution in [0, 0.1) is 0 Å². The van der Waals surface area contributed by atoms with Crippen molar-refractivity contribution in [1.82, 2.24) is 15.3 Å². The first-order valence-electron chi connectivity index (χ1n) is 7.87. The monoisotopic (exact) mass is 362 g/mol. The summed E-state index contributed by atoms with van der Waals surface area (Å²) in [6.45, 7) is 0. The first-order chi connectivity index (χ1) is 12.7. The van der Waals surface area contributed by atoms with E-state index in [0.717, 1.165) is 16.7 Å². The van der Waals surface area contributed by atoms with Gasteiger partial charge in [-0.2, -0.15) is 0 Å². The highest BCUT2D eigenvalue weighted by Gasteiger charge is 2.24. The van der Waals surface area contributed by atoms with Gasteiger partial charge >= 0.3 is 0 Å². The summed E-state index contributed by atoms with van der Waals surface area (Å²) in [7, 11) is 1.63. The Morgan fingerprint density at radius 2 is 2.12 bits per heavy atom. The molecule has 2 aromatic heterocycles. The number of aromatic nitrogens is 2. The smallest absolute Gasteiger partial charge is 0.264 e. The van der Waals surface area contributed by atoms with E-state index in [0.29, 0.717) is 21.6 Å². The van der Waals surface area contributed by atoms with Gasteiger partial charge in [0.05, 0.1) is 23.2 Å². The minimum atomic E-state index is -0.193. The molecule has 0 atom stereocenters. The number of carbonyl (C=O) groups is 1. The number of pyridine rings is 2. The summed E-state index contributed by atoms with van der Waals surface area (Å²) in [5.41, 5.74) is 1.55. The molecule has 0 saturated carbocycles. The third-order valence-corrected chi connectivity index (χ3v) is 4.62. The van der Waals surface area contributed by atoms with Crippen molar-refractivity contribution in [3.63, 3.8) is 0 Å². The molecule has 26 heavy (non-hydrogen) atoms. The van der Waals surface area contributed by atoms with Crippen LogP contribution >= 0.6 is 11.8 Å². The van der Waals surface area contributed by atoms with E-state index in [4.69, 9.17) is 4.74 Å². The van der Waals surface area contributed by atoms with Gasteiger partial charge in [0.25, 0.3) is 5.91 Å². The van der Waals surface area contributed by atoms with Crippen LogP contribution in [-0.2, 0) is 4.79 Å². The number of rotatable bonds is 3. The lowest BCUT2D eigenvalue weighted by atomic mass is 10.2. The molecular formula is C19H14N4O2S. The molecule has 1 saturated heterocycles. The van der Waals surface area contributed by atoms with Gasteiger partial charge in [0.1, 0.15) is 5.75 Å². The fourth-order valence-corrected chi connectivity index (χ4v) is 3.28. The first-order valence-corrected chi connectivity index (χ1v) is 8.68. The Balaban J connectivity index is 1.61. The molecule has 0 unspecified atom stereocenters. The number of amides is 1. The number of benzene rings is 1. The molecular weight excluding hydrogens is 348 g/mol. The molecule has 1 aliphatic heterocycles. The van der Waals surface area contributed by atoms with Gasteiger partial charge in [-0.25, -0.2) is 15.0 Å². The van der Waals surface area contributed by atoms with Gasteiger partial charge < -0.3 is 10.1 Å². The number of thioether (sulfide) groups is 1. The average molecular weight is 362 g/mol. The number of methoxy groups -OCH3 is 1. The molecule has 6 nitrogen and oxygen atoms in total. The van der Waals surface area contributed by atoms with Gasteiger partial charge in [0.15, 0.2) is 11.0 Å². The lowest BCUT2D eigenvalue weighted by molar-refractivity contribution is -0.115. The second-order valence-corrected chi connectivity index (χ2v) is 6.50. The number of ether oxygens (including phenoxy) is 1. The molecule has 1 fully saturated rings. The predicted octanol–water partition coefficient (Wildman–Crippen LogP) is 3.53. The number of hydrogen-bond donors (Lipinski definition) is 1. The second-order valence-electron chi connectivity index (χ2n) is 5.46. The van der Waals surface area contributed by atoms with Crippen molar-refractivity contribution in [2.75, 3.05) is 7.11 Å². The highest BCUT2D eigenvalue weighted by Crippen LogP contribution is 2.28. The van der Waals surface area contributed by atoms with Gasteiger partial charge in [-0.15, -0.1) is 0 Å². The number of amidine groups is 1. The van der Waals surface area contributed by atoms with Crippen LogP contribution in [0.2, 0.25) is 0 Å². The number of aliphatic imine (C=N–C) groups is 1. The van der Waals surface area contributed by atoms with E-state index in [-0.39, 0.29) is 5.91 Å². The molecule has 0 radical (unpaired) electrons. The van der Waals surface area contributed by atoms with Crippen LogP contribution in [0.4, 0.5) is 5.82 Å². The summed E-state index contributed by atoms with van der Waals surface area (Å²) in [5, 5.41) is 4.23. The van der Waals surface area contributed by atoms with E-state index in [1.807, 2.05) is 42.5 Å². The zero-order valence-corrected chi connectivity index (χ0v) is 14.7. The van der Waals surface area contributed by atoms with Gasteiger partial charge in [-0.05, 0) is 54.2 Å². The molecule has 7 heteroatoms. The molecule has 3 aromatic rings. The van der Waals surface area contributed by atoms with E-state index < -0.39 is 0 Å². The highest BCUT2D eigenvalue weighted by molar-refractivity contribution is 8.18. The van der Waals surface area contributed by atoms with Gasteiger partial charge in [-0.3, -0.25) is 4.79 Å². The maximum atomic E-state index is 12.2. The molecule has 0 bridgehead atoms. The van der Waals surface area contributed by atoms with Gasteiger partial charge in [-0.1, -0.05) is 12.1 Å². The Morgan fingerprint density at radius 3 is 2.92 bits per heavy atom. The standard InChI is InChI=1S/C19H14N4O2S/c1-25-14-7-8-15-12(10-14)5-6-13(21-15)11-16-18(24)23-19(26-16)22-17-4-2-3-9-20-17/h2-11H,1H3,(H,20,22,23,24)/b16-11-. The number of carbonyl (C=O) groups excluding carboxylic acids is 1. The summed E-state index contributed by atoms with van der Waals surface area (Å²) < 4.78 is 5.22. The number of nitrogens with one attached hydrogen (secondary N) is 1. The van der Waals surface area contributed by atoms with Crippen LogP contribution in [-0.4, -0.2) is 28.2 Å². The summed E-state index contributed by atoms with van der Waals surface area (Å²) in [6, 6.07) is 14.9. The van der Waals surface area contributed by atoms with Crippen molar-refractivity contribution in [3.8, 4) is 5.75 Å². The van der Waals surface area contributed by atoms with Gasteiger partial charge in [0, 0.05) is 11.6 Å². The normalized spacial score (nSPS) is 17.0. The van der Waals surface area contributed by atoms with Crippen LogP contribution < -0.4 is 10.1 Å². The molecule has 1 aliphatic rings. The third kappa shape index (κ3) is 3.43. The van der Waals surface area contributed by atoms with E-state index in [2.05, 4.69) is 20.3 Å². The molecule has 1 N–H and O–H groups in total. The quantitative estimate of drug-likeness (QED) is 0.721. The fourth-order valence-electron chi connectivity index (χ4n) is 2.47. The van der Waals surface area contributed by atoms with Crippen molar-refractivity contribution in [2.24, 2.45) is 4.99 Å². The minimum Gasteiger partial charge on any atom is -0.497 e. The second kappa shape index (κ2) is 6.97. The van der Waals surface area contributed by atoms with E-state index >= 15 is 0 Å². The molecule has 0 spiro atoms. The Morgan fingerprint density at radius 1 is 1.19 bits per heavy atom. The highest BCUT2D eigenvalue weighted by atomic mass is 32.2. The number of hydrogen-bond acceptors (Lipinski definition) is 6. The lowest BCUT2D eigenvalue weighted by Crippen LogP contribution is -2.19. The molecule has 4 rings (SSSR count). The molecule has 3 heterocycles. The lowest BCUT2D eigenvalue weighted by Gasteiger charge is -2.03. The SMILES string of the molecule is COc1ccc2nc(/C=C3\SC(=Nc4ccccn4)NC3=O)ccc2c1. The van der Waals surface area contributed by atoms with Crippen molar-refractivity contribution < 1.29 is 9.53 Å². The van der Waals surface area contributed by atoms with Crippen LogP contribution in [0.15, 0.2) is 64.6 Å². The Bertz CT molecular complexity index is 1050. The summed E-state index contributed by atoms with van der Waals surface area (Å²) in [4.78, 5) is 25.8. The van der Waals surface area contributed by atoms with E-state index in [1.54, 1.807) is 25.4 Å². The molecule has 0 aliphatic carbocycles. The van der Waals surface area contributed by atoms with Crippen molar-refractivity contribution in [2.45, 2.75) is 0 Å². The largest absolute Gasteiger partial charge is 0.497 e. The zero-order valence-electron chi connectivity index (χ0n) is 13.8. The third-order valence-electron chi connectivity index (χ3n) is 3.71.